The molecule has 0 spiro atoms. The summed E-state index contributed by atoms with van der Waals surface area (Å²) in [6.45, 7) is 0.298. The Balaban J connectivity index is 2.27. The van der Waals surface area contributed by atoms with Crippen LogP contribution >= 0.6 is 39.1 Å². The first-order valence-corrected chi connectivity index (χ1v) is 7.19. The average Bonchev–Trinajstić information content (AvgIpc) is 2.40. The molecule has 2 rings (SSSR count). The molecule has 20 heavy (non-hydrogen) atoms. The zero-order valence-electron chi connectivity index (χ0n) is 10.2. The molecule has 0 saturated heterocycles. The molecule has 1 N–H and O–H groups in total. The molecule has 104 valence electrons. The Morgan fingerprint density at radius 1 is 1.25 bits per heavy atom. The van der Waals surface area contributed by atoms with Crippen molar-refractivity contribution in [1.82, 2.24) is 0 Å². The van der Waals surface area contributed by atoms with Crippen molar-refractivity contribution in [3.05, 3.63) is 62.0 Å². The van der Waals surface area contributed by atoms with E-state index in [1.807, 2.05) is 18.2 Å². The number of nitrogens with zero attached hydrogens (tertiary/aromatic N) is 1. The molecule has 0 heterocycles. The molecule has 0 fully saturated rings. The topological polar surface area (TPSA) is 41.8 Å². The van der Waals surface area contributed by atoms with Gasteiger partial charge in [0.1, 0.15) is 12.4 Å². The van der Waals surface area contributed by atoms with Crippen LogP contribution < -0.4 is 4.74 Å². The summed E-state index contributed by atoms with van der Waals surface area (Å²) in [7, 11) is 0. The molecule has 0 aliphatic rings. The maximum absolute atomic E-state index is 8.69. The van der Waals surface area contributed by atoms with Crippen LogP contribution in [0.2, 0.25) is 10.0 Å². The number of rotatable bonds is 4. The summed E-state index contributed by atoms with van der Waals surface area (Å²) in [5, 5.41) is 12.8. The zero-order valence-corrected chi connectivity index (χ0v) is 13.3. The molecule has 0 unspecified atom stereocenters. The Hall–Kier alpha value is -1.23. The summed E-state index contributed by atoms with van der Waals surface area (Å²) in [6.07, 6.45) is 1.26. The fraction of sp³-hybridized carbons (Fsp3) is 0.0714. The van der Waals surface area contributed by atoms with Crippen molar-refractivity contribution >= 4 is 45.3 Å². The van der Waals surface area contributed by atoms with Gasteiger partial charge in [0.15, 0.2) is 0 Å². The van der Waals surface area contributed by atoms with E-state index in [4.69, 9.17) is 33.1 Å². The SMILES string of the molecule is ON=Cc1cc(Cl)cc(Br)c1OCc1ccccc1Cl. The van der Waals surface area contributed by atoms with E-state index in [1.165, 1.54) is 6.21 Å². The molecule has 3 nitrogen and oxygen atoms in total. The second-order valence-electron chi connectivity index (χ2n) is 3.93. The molecule has 0 aromatic heterocycles. The summed E-state index contributed by atoms with van der Waals surface area (Å²) >= 11 is 15.4. The first-order valence-electron chi connectivity index (χ1n) is 5.64. The lowest BCUT2D eigenvalue weighted by Crippen LogP contribution is -2.00. The third-order valence-corrected chi connectivity index (χ3v) is 3.74. The van der Waals surface area contributed by atoms with E-state index < -0.39 is 0 Å². The van der Waals surface area contributed by atoms with Crippen LogP contribution in [0.25, 0.3) is 0 Å². The van der Waals surface area contributed by atoms with Crippen molar-refractivity contribution < 1.29 is 9.94 Å². The average molecular weight is 375 g/mol. The van der Waals surface area contributed by atoms with Gasteiger partial charge in [0.25, 0.3) is 0 Å². The maximum atomic E-state index is 8.69. The van der Waals surface area contributed by atoms with Crippen LogP contribution in [-0.2, 0) is 6.61 Å². The molecule has 0 radical (unpaired) electrons. The minimum Gasteiger partial charge on any atom is -0.487 e. The van der Waals surface area contributed by atoms with E-state index in [1.54, 1.807) is 18.2 Å². The Labute approximate surface area is 134 Å². The van der Waals surface area contributed by atoms with Crippen molar-refractivity contribution in [3.8, 4) is 5.75 Å². The van der Waals surface area contributed by atoms with Crippen molar-refractivity contribution in [2.24, 2.45) is 5.16 Å². The second-order valence-corrected chi connectivity index (χ2v) is 5.63. The second kappa shape index (κ2) is 6.97. The van der Waals surface area contributed by atoms with E-state index in [-0.39, 0.29) is 0 Å². The number of ether oxygens (including phenoxy) is 1. The molecule has 0 amide bonds. The first-order chi connectivity index (χ1) is 9.61. The summed E-state index contributed by atoms with van der Waals surface area (Å²) in [4.78, 5) is 0. The highest BCUT2D eigenvalue weighted by molar-refractivity contribution is 9.10. The van der Waals surface area contributed by atoms with Gasteiger partial charge in [-0.3, -0.25) is 0 Å². The molecule has 2 aromatic carbocycles. The van der Waals surface area contributed by atoms with Gasteiger partial charge in [-0.25, -0.2) is 0 Å². The summed E-state index contributed by atoms with van der Waals surface area (Å²) < 4.78 is 6.42. The normalized spacial score (nSPS) is 10.9. The number of hydrogen-bond donors (Lipinski definition) is 1. The number of hydrogen-bond acceptors (Lipinski definition) is 3. The van der Waals surface area contributed by atoms with Crippen molar-refractivity contribution in [2.45, 2.75) is 6.61 Å². The van der Waals surface area contributed by atoms with Crippen LogP contribution in [0.5, 0.6) is 5.75 Å². The smallest absolute Gasteiger partial charge is 0.142 e. The van der Waals surface area contributed by atoms with Crippen LogP contribution in [0.1, 0.15) is 11.1 Å². The lowest BCUT2D eigenvalue weighted by molar-refractivity contribution is 0.302. The molecule has 0 atom stereocenters. The van der Waals surface area contributed by atoms with Crippen LogP contribution in [0.3, 0.4) is 0 Å². The van der Waals surface area contributed by atoms with Gasteiger partial charge in [-0.1, -0.05) is 46.6 Å². The van der Waals surface area contributed by atoms with E-state index in [0.29, 0.717) is 32.4 Å². The van der Waals surface area contributed by atoms with Gasteiger partial charge in [-0.05, 0) is 34.1 Å². The predicted octanol–water partition coefficient (Wildman–Crippen LogP) is 5.14. The molecule has 0 saturated carbocycles. The first kappa shape index (κ1) is 15.2. The van der Waals surface area contributed by atoms with Crippen molar-refractivity contribution in [1.29, 1.82) is 0 Å². The maximum Gasteiger partial charge on any atom is 0.142 e. The highest BCUT2D eigenvalue weighted by Gasteiger charge is 2.10. The summed E-state index contributed by atoms with van der Waals surface area (Å²) in [5.74, 6) is 0.534. The lowest BCUT2D eigenvalue weighted by Gasteiger charge is -2.12. The minimum absolute atomic E-state index is 0.298. The van der Waals surface area contributed by atoms with Gasteiger partial charge in [-0.2, -0.15) is 0 Å². The predicted molar refractivity (Wildman–Crippen MR) is 84.3 cm³/mol. The Morgan fingerprint density at radius 2 is 2.00 bits per heavy atom. The molecule has 0 bridgehead atoms. The van der Waals surface area contributed by atoms with Crippen LogP contribution in [-0.4, -0.2) is 11.4 Å². The van der Waals surface area contributed by atoms with Gasteiger partial charge in [0.2, 0.25) is 0 Å². The zero-order chi connectivity index (χ0) is 14.5. The molecule has 2 aromatic rings. The van der Waals surface area contributed by atoms with Gasteiger partial charge in [0, 0.05) is 21.2 Å². The van der Waals surface area contributed by atoms with Gasteiger partial charge in [0.05, 0.1) is 10.7 Å². The van der Waals surface area contributed by atoms with Crippen LogP contribution in [0, 0.1) is 0 Å². The Bertz CT molecular complexity index is 647. The van der Waals surface area contributed by atoms with Crippen molar-refractivity contribution in [3.63, 3.8) is 0 Å². The van der Waals surface area contributed by atoms with E-state index in [2.05, 4.69) is 21.1 Å². The molecule has 0 aliphatic carbocycles. The molecular weight excluding hydrogens is 365 g/mol. The fourth-order valence-electron chi connectivity index (χ4n) is 1.66. The van der Waals surface area contributed by atoms with Crippen LogP contribution in [0.4, 0.5) is 0 Å². The Morgan fingerprint density at radius 3 is 2.70 bits per heavy atom. The summed E-state index contributed by atoms with van der Waals surface area (Å²) in [6, 6.07) is 10.8. The molecule has 6 heteroatoms. The van der Waals surface area contributed by atoms with E-state index in [0.717, 1.165) is 5.56 Å². The highest BCUT2D eigenvalue weighted by atomic mass is 79.9. The van der Waals surface area contributed by atoms with Gasteiger partial charge in [-0.15, -0.1) is 0 Å². The summed E-state index contributed by atoms with van der Waals surface area (Å²) in [5.41, 5.74) is 1.43. The highest BCUT2D eigenvalue weighted by Crippen LogP contribution is 2.33. The van der Waals surface area contributed by atoms with E-state index >= 15 is 0 Å². The van der Waals surface area contributed by atoms with Crippen molar-refractivity contribution in [2.75, 3.05) is 0 Å². The monoisotopic (exact) mass is 373 g/mol. The standard InChI is InChI=1S/C14H10BrCl2NO2/c15-12-6-11(16)5-10(7-18-19)14(12)20-8-9-3-1-2-4-13(9)17/h1-7,19H,8H2. The number of halogens is 3. The van der Waals surface area contributed by atoms with E-state index in [9.17, 15) is 0 Å². The minimum atomic E-state index is 0.298. The number of benzene rings is 2. The number of oxime groups is 1. The third kappa shape index (κ3) is 3.66. The quantitative estimate of drug-likeness (QED) is 0.457. The van der Waals surface area contributed by atoms with Gasteiger partial charge < -0.3 is 9.94 Å². The molecular formula is C14H10BrCl2NO2. The van der Waals surface area contributed by atoms with Crippen LogP contribution in [0.15, 0.2) is 46.0 Å². The largest absolute Gasteiger partial charge is 0.487 e. The lowest BCUT2D eigenvalue weighted by atomic mass is 10.2. The third-order valence-electron chi connectivity index (χ3n) is 2.56. The Kier molecular flexibility index (Phi) is 5.29. The fourth-order valence-corrected chi connectivity index (χ4v) is 2.79. The molecule has 0 aliphatic heterocycles. The van der Waals surface area contributed by atoms with Gasteiger partial charge >= 0.3 is 0 Å².